The number of aliphatic hydroxyl groups is 1. The molecule has 0 spiro atoms. The fraction of sp³-hybridized carbons (Fsp3) is 0.143. The Morgan fingerprint density at radius 3 is 1.81 bits per heavy atom. The molecule has 2 aromatic rings. The highest BCUT2D eigenvalue weighted by Crippen LogP contribution is 2.21. The predicted octanol–water partition coefficient (Wildman–Crippen LogP) is 3.18. The van der Waals surface area contributed by atoms with Gasteiger partial charge >= 0.3 is 0 Å². The first-order chi connectivity index (χ1) is 7.79. The average Bonchev–Trinajstić information content (AvgIpc) is 2.32. The minimum Gasteiger partial charge on any atom is -0.396 e. The van der Waals surface area contributed by atoms with E-state index in [2.05, 4.69) is 49.0 Å². The van der Waals surface area contributed by atoms with Gasteiger partial charge in [-0.3, -0.25) is 0 Å². The molecule has 0 bridgehead atoms. The van der Waals surface area contributed by atoms with Crippen LogP contribution in [0.3, 0.4) is 0 Å². The van der Waals surface area contributed by atoms with Crippen molar-refractivity contribution in [3.05, 3.63) is 54.1 Å². The molecular weight excluding hydrogens is 216 g/mol. The van der Waals surface area contributed by atoms with Crippen LogP contribution in [0.25, 0.3) is 11.1 Å². The lowest BCUT2D eigenvalue weighted by Crippen LogP contribution is -1.89. The Bertz CT molecular complexity index is 445. The summed E-state index contributed by atoms with van der Waals surface area (Å²) in [5.74, 6) is 0. The number of hydrogen-bond donors (Lipinski definition) is 2. The molecule has 2 aromatic carbocycles. The van der Waals surface area contributed by atoms with Crippen LogP contribution < -0.4 is 0 Å². The predicted molar refractivity (Wildman–Crippen MR) is 69.9 cm³/mol. The molecule has 0 aromatic heterocycles. The van der Waals surface area contributed by atoms with E-state index in [1.54, 1.807) is 0 Å². The number of thiol groups is 1. The summed E-state index contributed by atoms with van der Waals surface area (Å²) in [4.78, 5) is 0.973. The van der Waals surface area contributed by atoms with Crippen molar-refractivity contribution in [3.63, 3.8) is 0 Å². The summed E-state index contributed by atoms with van der Waals surface area (Å²) >= 11 is 4.26. The van der Waals surface area contributed by atoms with Gasteiger partial charge in [0.2, 0.25) is 0 Å². The third-order valence-corrected chi connectivity index (χ3v) is 2.85. The van der Waals surface area contributed by atoms with Crippen LogP contribution in [-0.4, -0.2) is 11.7 Å². The molecule has 82 valence electrons. The zero-order valence-electron chi connectivity index (χ0n) is 8.93. The van der Waals surface area contributed by atoms with E-state index in [1.165, 1.54) is 11.1 Å². The molecule has 0 radical (unpaired) electrons. The van der Waals surface area contributed by atoms with Crippen molar-refractivity contribution < 1.29 is 5.11 Å². The maximum Gasteiger partial charge on any atom is 0.0471 e. The van der Waals surface area contributed by atoms with Gasteiger partial charge in [-0.25, -0.2) is 0 Å². The van der Waals surface area contributed by atoms with Crippen molar-refractivity contribution in [1.82, 2.24) is 0 Å². The minimum absolute atomic E-state index is 0.202. The molecule has 2 rings (SSSR count). The summed E-state index contributed by atoms with van der Waals surface area (Å²) in [5.41, 5.74) is 3.54. The van der Waals surface area contributed by atoms with Crippen LogP contribution in [0, 0.1) is 0 Å². The molecule has 0 heterocycles. The highest BCUT2D eigenvalue weighted by Gasteiger charge is 1.97. The van der Waals surface area contributed by atoms with Crippen molar-refractivity contribution >= 4 is 12.6 Å². The van der Waals surface area contributed by atoms with Crippen molar-refractivity contribution in [2.45, 2.75) is 11.3 Å². The van der Waals surface area contributed by atoms with Crippen LogP contribution >= 0.6 is 12.6 Å². The maximum atomic E-state index is 8.83. The van der Waals surface area contributed by atoms with E-state index in [4.69, 9.17) is 5.11 Å². The van der Waals surface area contributed by atoms with E-state index in [1.807, 2.05) is 12.1 Å². The van der Waals surface area contributed by atoms with Crippen molar-refractivity contribution in [2.24, 2.45) is 0 Å². The monoisotopic (exact) mass is 230 g/mol. The van der Waals surface area contributed by atoms with Crippen molar-refractivity contribution in [3.8, 4) is 11.1 Å². The highest BCUT2D eigenvalue weighted by molar-refractivity contribution is 7.80. The Kier molecular flexibility index (Phi) is 3.65. The van der Waals surface area contributed by atoms with Gasteiger partial charge in [0.15, 0.2) is 0 Å². The fourth-order valence-corrected chi connectivity index (χ4v) is 1.80. The maximum absolute atomic E-state index is 8.83. The molecule has 0 aliphatic heterocycles. The Labute approximate surface area is 101 Å². The van der Waals surface area contributed by atoms with Gasteiger partial charge in [0.25, 0.3) is 0 Å². The van der Waals surface area contributed by atoms with Gasteiger partial charge in [0, 0.05) is 11.5 Å². The quantitative estimate of drug-likeness (QED) is 0.776. The second kappa shape index (κ2) is 5.19. The van der Waals surface area contributed by atoms with Crippen LogP contribution in [0.2, 0.25) is 0 Å². The van der Waals surface area contributed by atoms with Crippen molar-refractivity contribution in [1.29, 1.82) is 0 Å². The van der Waals surface area contributed by atoms with E-state index in [0.717, 1.165) is 16.9 Å². The lowest BCUT2D eigenvalue weighted by atomic mass is 10.0. The lowest BCUT2D eigenvalue weighted by molar-refractivity contribution is 0.299. The molecule has 1 nitrogen and oxygen atoms in total. The molecule has 0 saturated heterocycles. The van der Waals surface area contributed by atoms with Crippen LogP contribution in [0.5, 0.6) is 0 Å². The van der Waals surface area contributed by atoms with Gasteiger partial charge in [-0.15, -0.1) is 12.6 Å². The first-order valence-corrected chi connectivity index (χ1v) is 5.73. The molecular formula is C14H14OS. The second-order valence-electron chi connectivity index (χ2n) is 3.72. The zero-order valence-corrected chi connectivity index (χ0v) is 9.82. The van der Waals surface area contributed by atoms with Gasteiger partial charge in [-0.1, -0.05) is 36.4 Å². The molecule has 0 aliphatic carbocycles. The third kappa shape index (κ3) is 2.65. The fourth-order valence-electron chi connectivity index (χ4n) is 1.65. The highest BCUT2D eigenvalue weighted by atomic mass is 32.1. The summed E-state index contributed by atoms with van der Waals surface area (Å²) in [5, 5.41) is 8.83. The van der Waals surface area contributed by atoms with Gasteiger partial charge in [0.05, 0.1) is 0 Å². The average molecular weight is 230 g/mol. The summed E-state index contributed by atoms with van der Waals surface area (Å²) in [7, 11) is 0. The first kappa shape index (κ1) is 11.2. The Balaban J connectivity index is 2.24. The molecule has 0 saturated carbocycles. The summed E-state index contributed by atoms with van der Waals surface area (Å²) in [6, 6.07) is 16.4. The number of aliphatic hydroxyl groups excluding tert-OH is 1. The smallest absolute Gasteiger partial charge is 0.0471 e. The van der Waals surface area contributed by atoms with Crippen LogP contribution in [0.1, 0.15) is 5.56 Å². The van der Waals surface area contributed by atoms with E-state index in [9.17, 15) is 0 Å². The lowest BCUT2D eigenvalue weighted by Gasteiger charge is -2.03. The van der Waals surface area contributed by atoms with Crippen LogP contribution in [0.4, 0.5) is 0 Å². The number of hydrogen-bond acceptors (Lipinski definition) is 2. The molecule has 0 amide bonds. The van der Waals surface area contributed by atoms with Crippen LogP contribution in [0.15, 0.2) is 53.4 Å². The standard InChI is InChI=1S/C14H14OS/c15-10-9-11-1-3-12(4-2-11)13-5-7-14(16)8-6-13/h1-8,15-16H,9-10H2. The Morgan fingerprint density at radius 1 is 0.812 bits per heavy atom. The molecule has 0 fully saturated rings. The molecule has 2 heteroatoms. The Hall–Kier alpha value is -1.25. The largest absolute Gasteiger partial charge is 0.396 e. The minimum atomic E-state index is 0.202. The SMILES string of the molecule is OCCc1ccc(-c2ccc(S)cc2)cc1. The summed E-state index contributed by atoms with van der Waals surface area (Å²) in [6.45, 7) is 0.202. The summed E-state index contributed by atoms with van der Waals surface area (Å²) < 4.78 is 0. The van der Waals surface area contributed by atoms with Crippen LogP contribution in [-0.2, 0) is 6.42 Å². The molecule has 0 aliphatic rings. The molecule has 0 atom stereocenters. The van der Waals surface area contributed by atoms with E-state index in [-0.39, 0.29) is 6.61 Å². The number of benzene rings is 2. The van der Waals surface area contributed by atoms with E-state index in [0.29, 0.717) is 0 Å². The molecule has 16 heavy (non-hydrogen) atoms. The van der Waals surface area contributed by atoms with E-state index >= 15 is 0 Å². The van der Waals surface area contributed by atoms with E-state index < -0.39 is 0 Å². The first-order valence-electron chi connectivity index (χ1n) is 5.29. The van der Waals surface area contributed by atoms with Gasteiger partial charge < -0.3 is 5.11 Å². The normalized spacial score (nSPS) is 10.4. The molecule has 1 N–H and O–H groups in total. The summed E-state index contributed by atoms with van der Waals surface area (Å²) in [6.07, 6.45) is 0.718. The Morgan fingerprint density at radius 2 is 1.31 bits per heavy atom. The third-order valence-electron chi connectivity index (χ3n) is 2.56. The zero-order chi connectivity index (χ0) is 11.4. The van der Waals surface area contributed by atoms with Crippen molar-refractivity contribution in [2.75, 3.05) is 6.61 Å². The topological polar surface area (TPSA) is 20.2 Å². The van der Waals surface area contributed by atoms with Gasteiger partial charge in [-0.05, 0) is 35.2 Å². The molecule has 0 unspecified atom stereocenters. The second-order valence-corrected chi connectivity index (χ2v) is 4.23. The number of rotatable bonds is 3. The van der Waals surface area contributed by atoms with Gasteiger partial charge in [-0.2, -0.15) is 0 Å². The van der Waals surface area contributed by atoms with Gasteiger partial charge in [0.1, 0.15) is 0 Å².